The normalized spacial score (nSPS) is 15.9. The van der Waals surface area contributed by atoms with E-state index in [0.29, 0.717) is 26.1 Å². The average molecular weight is 379 g/mol. The molecule has 0 radical (unpaired) electrons. The molecule has 4 nitrogen and oxygen atoms in total. The van der Waals surface area contributed by atoms with E-state index in [0.717, 1.165) is 27.8 Å². The van der Waals surface area contributed by atoms with Gasteiger partial charge in [0.15, 0.2) is 0 Å². The lowest BCUT2D eigenvalue weighted by atomic mass is 9.73. The van der Waals surface area contributed by atoms with Gasteiger partial charge >= 0.3 is 0 Å². The highest BCUT2D eigenvalue weighted by Crippen LogP contribution is 2.38. The van der Waals surface area contributed by atoms with Gasteiger partial charge in [0.1, 0.15) is 11.6 Å². The van der Waals surface area contributed by atoms with Gasteiger partial charge in [-0.2, -0.15) is 0 Å². The first-order valence-corrected chi connectivity index (χ1v) is 9.35. The minimum absolute atomic E-state index is 0.0993. The van der Waals surface area contributed by atoms with E-state index >= 15 is 0 Å². The Kier molecular flexibility index (Phi) is 5.01. The number of hydrogen-bond donors (Lipinski definition) is 1. The third kappa shape index (κ3) is 3.22. The van der Waals surface area contributed by atoms with E-state index in [1.807, 2.05) is 36.4 Å². The fourth-order valence-corrected chi connectivity index (χ4v) is 3.94. The summed E-state index contributed by atoms with van der Waals surface area (Å²) in [7, 11) is 1.63. The highest BCUT2D eigenvalue weighted by Gasteiger charge is 2.41. The second kappa shape index (κ2) is 7.60. The van der Waals surface area contributed by atoms with Crippen molar-refractivity contribution in [3.63, 3.8) is 0 Å². The number of amides is 1. The van der Waals surface area contributed by atoms with Crippen LogP contribution in [0, 0.1) is 5.82 Å². The zero-order valence-electron chi connectivity index (χ0n) is 15.7. The summed E-state index contributed by atoms with van der Waals surface area (Å²) in [6.45, 7) is 0.988. The van der Waals surface area contributed by atoms with Gasteiger partial charge in [-0.3, -0.25) is 4.79 Å². The van der Waals surface area contributed by atoms with Crippen LogP contribution in [0.1, 0.15) is 18.4 Å². The fraction of sp³-hybridized carbons (Fsp3) is 0.261. The van der Waals surface area contributed by atoms with Gasteiger partial charge in [-0.05, 0) is 42.7 Å². The monoisotopic (exact) mass is 379 g/mol. The van der Waals surface area contributed by atoms with Gasteiger partial charge in [0.05, 0.1) is 12.5 Å². The first-order chi connectivity index (χ1) is 13.6. The van der Waals surface area contributed by atoms with Crippen LogP contribution < -0.4 is 10.1 Å². The van der Waals surface area contributed by atoms with E-state index in [2.05, 4.69) is 5.32 Å². The van der Waals surface area contributed by atoms with Crippen molar-refractivity contribution in [2.75, 3.05) is 25.6 Å². The smallest absolute Gasteiger partial charge is 0.235 e. The van der Waals surface area contributed by atoms with Crippen LogP contribution in [-0.2, 0) is 14.9 Å². The van der Waals surface area contributed by atoms with Crippen molar-refractivity contribution < 1.29 is 18.7 Å². The topological polar surface area (TPSA) is 47.6 Å². The number of halogens is 1. The molecule has 0 aliphatic carbocycles. The fourth-order valence-electron chi connectivity index (χ4n) is 3.94. The molecule has 1 saturated heterocycles. The number of nitrogens with one attached hydrogen (secondary N) is 1. The molecule has 3 aromatic rings. The Morgan fingerprint density at radius 2 is 1.68 bits per heavy atom. The standard InChI is InChI=1S/C23H22FNO3/c1-27-21-11-10-20(18-4-2-3-5-19(18)21)25-22(26)23(12-14-28-15-13-23)16-6-8-17(24)9-7-16/h2-11H,12-15H2,1H3,(H,25,26). The van der Waals surface area contributed by atoms with Crippen molar-refractivity contribution in [2.24, 2.45) is 0 Å². The van der Waals surface area contributed by atoms with Gasteiger partial charge in [0, 0.05) is 29.7 Å². The average Bonchev–Trinajstić information content (AvgIpc) is 2.75. The molecule has 1 amide bonds. The van der Waals surface area contributed by atoms with Crippen LogP contribution in [0.4, 0.5) is 10.1 Å². The zero-order chi connectivity index (χ0) is 19.6. The number of rotatable bonds is 4. The van der Waals surface area contributed by atoms with Gasteiger partial charge in [-0.15, -0.1) is 0 Å². The van der Waals surface area contributed by atoms with Crippen molar-refractivity contribution in [2.45, 2.75) is 18.3 Å². The van der Waals surface area contributed by atoms with E-state index in [1.54, 1.807) is 19.2 Å². The molecule has 0 saturated carbocycles. The predicted octanol–water partition coefficient (Wildman–Crippen LogP) is 4.67. The van der Waals surface area contributed by atoms with Crippen LogP contribution in [0.2, 0.25) is 0 Å². The van der Waals surface area contributed by atoms with Crippen molar-refractivity contribution in [1.82, 2.24) is 0 Å². The molecule has 4 rings (SSSR count). The zero-order valence-corrected chi connectivity index (χ0v) is 15.7. The number of carbonyl (C=O) groups excluding carboxylic acids is 1. The molecule has 0 spiro atoms. The molecule has 0 unspecified atom stereocenters. The van der Waals surface area contributed by atoms with E-state index in [4.69, 9.17) is 9.47 Å². The van der Waals surface area contributed by atoms with E-state index in [9.17, 15) is 9.18 Å². The second-order valence-electron chi connectivity index (χ2n) is 7.02. The molecule has 1 fully saturated rings. The molecule has 3 aromatic carbocycles. The lowest BCUT2D eigenvalue weighted by Gasteiger charge is -2.36. The molecule has 0 bridgehead atoms. The summed E-state index contributed by atoms with van der Waals surface area (Å²) in [6, 6.07) is 17.7. The summed E-state index contributed by atoms with van der Waals surface area (Å²) in [5.41, 5.74) is 0.800. The number of benzene rings is 3. The summed E-state index contributed by atoms with van der Waals surface area (Å²) < 4.78 is 24.4. The number of fused-ring (bicyclic) bond motifs is 1. The molecule has 1 N–H and O–H groups in total. The Balaban J connectivity index is 1.73. The van der Waals surface area contributed by atoms with Crippen LogP contribution in [0.25, 0.3) is 10.8 Å². The largest absolute Gasteiger partial charge is 0.496 e. The van der Waals surface area contributed by atoms with Gasteiger partial charge < -0.3 is 14.8 Å². The first kappa shape index (κ1) is 18.4. The minimum atomic E-state index is -0.743. The van der Waals surface area contributed by atoms with Crippen LogP contribution in [0.3, 0.4) is 0 Å². The van der Waals surface area contributed by atoms with Crippen molar-refractivity contribution >= 4 is 22.4 Å². The molecular weight excluding hydrogens is 357 g/mol. The molecule has 0 atom stereocenters. The molecule has 144 valence electrons. The first-order valence-electron chi connectivity index (χ1n) is 9.35. The Morgan fingerprint density at radius 1 is 1.00 bits per heavy atom. The quantitative estimate of drug-likeness (QED) is 0.716. The maximum absolute atomic E-state index is 13.5. The molecule has 1 aliphatic rings. The lowest BCUT2D eigenvalue weighted by molar-refractivity contribution is -0.125. The molecule has 0 aromatic heterocycles. The van der Waals surface area contributed by atoms with E-state index in [-0.39, 0.29) is 11.7 Å². The number of hydrogen-bond acceptors (Lipinski definition) is 3. The Hall–Kier alpha value is -2.92. The summed E-state index contributed by atoms with van der Waals surface area (Å²) in [6.07, 6.45) is 1.11. The maximum atomic E-state index is 13.5. The molecule has 1 aliphatic heterocycles. The maximum Gasteiger partial charge on any atom is 0.235 e. The highest BCUT2D eigenvalue weighted by molar-refractivity contribution is 6.07. The SMILES string of the molecule is COc1ccc(NC(=O)C2(c3ccc(F)cc3)CCOCC2)c2ccccc12. The van der Waals surface area contributed by atoms with Gasteiger partial charge in [-0.1, -0.05) is 36.4 Å². The minimum Gasteiger partial charge on any atom is -0.496 e. The van der Waals surface area contributed by atoms with Crippen LogP contribution in [-0.4, -0.2) is 26.2 Å². The molecule has 5 heteroatoms. The van der Waals surface area contributed by atoms with Gasteiger partial charge in [0.2, 0.25) is 5.91 Å². The van der Waals surface area contributed by atoms with E-state index in [1.165, 1.54) is 12.1 Å². The Labute approximate surface area is 163 Å². The summed E-state index contributed by atoms with van der Waals surface area (Å²) in [5, 5.41) is 4.97. The second-order valence-corrected chi connectivity index (χ2v) is 7.02. The summed E-state index contributed by atoms with van der Waals surface area (Å²) >= 11 is 0. The summed E-state index contributed by atoms with van der Waals surface area (Å²) in [5.74, 6) is 0.346. The third-order valence-corrected chi connectivity index (χ3v) is 5.53. The number of ether oxygens (including phenoxy) is 2. The number of carbonyl (C=O) groups is 1. The van der Waals surface area contributed by atoms with E-state index < -0.39 is 5.41 Å². The molecule has 28 heavy (non-hydrogen) atoms. The third-order valence-electron chi connectivity index (χ3n) is 5.53. The molecular formula is C23H22FNO3. The van der Waals surface area contributed by atoms with Crippen molar-refractivity contribution in [1.29, 1.82) is 0 Å². The van der Waals surface area contributed by atoms with Crippen LogP contribution in [0.15, 0.2) is 60.7 Å². The van der Waals surface area contributed by atoms with Crippen molar-refractivity contribution in [3.05, 3.63) is 72.0 Å². The predicted molar refractivity (Wildman–Crippen MR) is 107 cm³/mol. The summed E-state index contributed by atoms with van der Waals surface area (Å²) in [4.78, 5) is 13.5. The van der Waals surface area contributed by atoms with Crippen molar-refractivity contribution in [3.8, 4) is 5.75 Å². The number of anilines is 1. The van der Waals surface area contributed by atoms with Gasteiger partial charge in [-0.25, -0.2) is 4.39 Å². The Morgan fingerprint density at radius 3 is 2.36 bits per heavy atom. The van der Waals surface area contributed by atoms with Crippen LogP contribution >= 0.6 is 0 Å². The van der Waals surface area contributed by atoms with Gasteiger partial charge in [0.25, 0.3) is 0 Å². The highest BCUT2D eigenvalue weighted by atomic mass is 19.1. The Bertz CT molecular complexity index is 994. The molecule has 1 heterocycles. The lowest BCUT2D eigenvalue weighted by Crippen LogP contribution is -2.44. The number of methoxy groups -OCH3 is 1. The van der Waals surface area contributed by atoms with Crippen LogP contribution in [0.5, 0.6) is 5.75 Å².